The van der Waals surface area contributed by atoms with Crippen LogP contribution < -0.4 is 9.47 Å². The zero-order chi connectivity index (χ0) is 19.4. The zero-order valence-corrected chi connectivity index (χ0v) is 18.1. The summed E-state index contributed by atoms with van der Waals surface area (Å²) in [5.74, 6) is 1.22. The molecule has 3 rings (SSSR count). The molecule has 0 spiro atoms. The van der Waals surface area contributed by atoms with Gasteiger partial charge in [-0.2, -0.15) is 0 Å². The van der Waals surface area contributed by atoms with E-state index in [0.29, 0.717) is 27.3 Å². The highest BCUT2D eigenvalue weighted by atomic mass is 79.9. The van der Waals surface area contributed by atoms with Gasteiger partial charge in [0.15, 0.2) is 0 Å². The number of carbonyl (C=O) groups is 1. The van der Waals surface area contributed by atoms with E-state index in [1.165, 1.54) is 17.3 Å². The Morgan fingerprint density at radius 3 is 2.52 bits per heavy atom. The predicted molar refractivity (Wildman–Crippen MR) is 117 cm³/mol. The summed E-state index contributed by atoms with van der Waals surface area (Å²) in [4.78, 5) is 15.1. The van der Waals surface area contributed by atoms with Gasteiger partial charge in [0.2, 0.25) is 0 Å². The van der Waals surface area contributed by atoms with Crippen molar-refractivity contribution in [3.8, 4) is 11.5 Å². The number of thiocarbonyl (C=S) groups is 1. The molecule has 1 fully saturated rings. The van der Waals surface area contributed by atoms with Crippen molar-refractivity contribution in [2.24, 2.45) is 0 Å². The molecular weight excluding hydrogens is 446 g/mol. The highest BCUT2D eigenvalue weighted by Gasteiger charge is 2.31. The summed E-state index contributed by atoms with van der Waals surface area (Å²) in [6.45, 7) is 0.565. The Morgan fingerprint density at radius 1 is 1.15 bits per heavy atom. The number of hydrogen-bond donors (Lipinski definition) is 0. The molecule has 1 saturated heterocycles. The molecule has 0 N–H and O–H groups in total. The number of methoxy groups -OCH3 is 2. The molecule has 0 aliphatic carbocycles. The van der Waals surface area contributed by atoms with Gasteiger partial charge in [-0.25, -0.2) is 0 Å². The monoisotopic (exact) mass is 463 g/mol. The molecule has 7 heteroatoms. The van der Waals surface area contributed by atoms with Gasteiger partial charge >= 0.3 is 0 Å². The summed E-state index contributed by atoms with van der Waals surface area (Å²) in [7, 11) is 3.18. The molecule has 0 bridgehead atoms. The van der Waals surface area contributed by atoms with Crippen LogP contribution in [-0.4, -0.2) is 35.9 Å². The van der Waals surface area contributed by atoms with E-state index in [4.69, 9.17) is 21.7 Å². The average molecular weight is 464 g/mol. The summed E-state index contributed by atoms with van der Waals surface area (Å²) < 4.78 is 12.1. The maximum Gasteiger partial charge on any atom is 0.266 e. The topological polar surface area (TPSA) is 38.8 Å². The minimum atomic E-state index is -0.0741. The second kappa shape index (κ2) is 8.91. The van der Waals surface area contributed by atoms with E-state index in [-0.39, 0.29) is 5.91 Å². The molecule has 2 aromatic rings. The van der Waals surface area contributed by atoms with E-state index in [1.54, 1.807) is 25.2 Å². The standard InChI is InChI=1S/C20H18BrNO3S2/c1-24-16-12-17(25-2)15(21)10-14(16)11-18-19(23)22(20(26)27-18)9-8-13-6-4-3-5-7-13/h3-7,10-12H,8-9H2,1-2H3/b18-11-. The van der Waals surface area contributed by atoms with Crippen molar-refractivity contribution in [1.82, 2.24) is 4.90 Å². The van der Waals surface area contributed by atoms with Crippen molar-refractivity contribution in [3.05, 3.63) is 63.0 Å². The lowest BCUT2D eigenvalue weighted by atomic mass is 10.1. The molecule has 0 radical (unpaired) electrons. The smallest absolute Gasteiger partial charge is 0.266 e. The number of rotatable bonds is 6. The molecule has 27 heavy (non-hydrogen) atoms. The van der Waals surface area contributed by atoms with Gasteiger partial charge in [-0.15, -0.1) is 0 Å². The first kappa shape index (κ1) is 19.9. The van der Waals surface area contributed by atoms with E-state index >= 15 is 0 Å². The van der Waals surface area contributed by atoms with Crippen molar-refractivity contribution < 1.29 is 14.3 Å². The predicted octanol–water partition coefficient (Wildman–Crippen LogP) is 4.91. The molecule has 0 unspecified atom stereocenters. The van der Waals surface area contributed by atoms with Crippen molar-refractivity contribution in [3.63, 3.8) is 0 Å². The van der Waals surface area contributed by atoms with Crippen molar-refractivity contribution >= 4 is 56.2 Å². The van der Waals surface area contributed by atoms with Crippen LogP contribution in [0.2, 0.25) is 0 Å². The number of thioether (sulfide) groups is 1. The third kappa shape index (κ3) is 4.54. The van der Waals surface area contributed by atoms with E-state index in [2.05, 4.69) is 15.9 Å². The van der Waals surface area contributed by atoms with Crippen molar-refractivity contribution in [1.29, 1.82) is 0 Å². The van der Waals surface area contributed by atoms with E-state index in [1.807, 2.05) is 42.5 Å². The zero-order valence-electron chi connectivity index (χ0n) is 14.9. The minimum Gasteiger partial charge on any atom is -0.496 e. The van der Waals surface area contributed by atoms with E-state index in [9.17, 15) is 4.79 Å². The van der Waals surface area contributed by atoms with Crippen LogP contribution in [0, 0.1) is 0 Å². The van der Waals surface area contributed by atoms with Crippen molar-refractivity contribution in [2.45, 2.75) is 6.42 Å². The molecule has 4 nitrogen and oxygen atoms in total. The fourth-order valence-electron chi connectivity index (χ4n) is 2.72. The van der Waals surface area contributed by atoms with Gasteiger partial charge in [-0.3, -0.25) is 9.69 Å². The molecule has 2 aromatic carbocycles. The van der Waals surface area contributed by atoms with E-state index in [0.717, 1.165) is 16.5 Å². The first-order valence-corrected chi connectivity index (χ1v) is 10.3. The largest absolute Gasteiger partial charge is 0.496 e. The summed E-state index contributed by atoms with van der Waals surface area (Å²) in [6, 6.07) is 13.7. The Hall–Kier alpha value is -1.83. The Kier molecular flexibility index (Phi) is 6.57. The number of halogens is 1. The minimum absolute atomic E-state index is 0.0741. The van der Waals surface area contributed by atoms with Gasteiger partial charge in [-0.05, 0) is 40.1 Å². The second-order valence-electron chi connectivity index (χ2n) is 5.80. The maximum absolute atomic E-state index is 12.8. The quantitative estimate of drug-likeness (QED) is 0.449. The van der Waals surface area contributed by atoms with Gasteiger partial charge < -0.3 is 9.47 Å². The second-order valence-corrected chi connectivity index (χ2v) is 8.33. The lowest BCUT2D eigenvalue weighted by Gasteiger charge is -2.14. The Morgan fingerprint density at radius 2 is 1.85 bits per heavy atom. The number of amides is 1. The van der Waals surface area contributed by atoms with Gasteiger partial charge in [0.25, 0.3) is 5.91 Å². The van der Waals surface area contributed by atoms with Crippen LogP contribution in [0.1, 0.15) is 11.1 Å². The van der Waals surface area contributed by atoms with Crippen LogP contribution in [0.25, 0.3) is 6.08 Å². The molecule has 1 aliphatic heterocycles. The highest BCUT2D eigenvalue weighted by Crippen LogP contribution is 2.38. The molecular formula is C20H18BrNO3S2. The number of benzene rings is 2. The summed E-state index contributed by atoms with van der Waals surface area (Å²) in [5.41, 5.74) is 1.96. The molecule has 0 atom stereocenters. The lowest BCUT2D eigenvalue weighted by Crippen LogP contribution is -2.30. The van der Waals surface area contributed by atoms with Crippen LogP contribution in [0.4, 0.5) is 0 Å². The number of nitrogens with zero attached hydrogens (tertiary/aromatic N) is 1. The maximum atomic E-state index is 12.8. The van der Waals surface area contributed by atoms with E-state index < -0.39 is 0 Å². The fourth-order valence-corrected chi connectivity index (χ4v) is 4.54. The molecule has 1 heterocycles. The Bertz CT molecular complexity index is 900. The number of ether oxygens (including phenoxy) is 2. The molecule has 1 amide bonds. The molecule has 1 aliphatic rings. The molecule has 140 valence electrons. The average Bonchev–Trinajstić information content (AvgIpc) is 2.94. The van der Waals surface area contributed by atoms with Crippen LogP contribution in [0.15, 0.2) is 51.8 Å². The van der Waals surface area contributed by atoms with Gasteiger partial charge in [0, 0.05) is 18.2 Å². The normalized spacial score (nSPS) is 15.5. The summed E-state index contributed by atoms with van der Waals surface area (Å²) >= 11 is 10.2. The van der Waals surface area contributed by atoms with Gasteiger partial charge in [0.1, 0.15) is 15.8 Å². The highest BCUT2D eigenvalue weighted by molar-refractivity contribution is 9.10. The summed E-state index contributed by atoms with van der Waals surface area (Å²) in [5, 5.41) is 0. The van der Waals surface area contributed by atoms with Crippen LogP contribution in [-0.2, 0) is 11.2 Å². The van der Waals surface area contributed by atoms with Crippen LogP contribution in [0.3, 0.4) is 0 Å². The van der Waals surface area contributed by atoms with Crippen molar-refractivity contribution in [2.75, 3.05) is 20.8 Å². The SMILES string of the molecule is COc1cc(OC)c(/C=C2\SC(=S)N(CCc3ccccc3)C2=O)cc1Br. The van der Waals surface area contributed by atoms with Gasteiger partial charge in [0.05, 0.1) is 23.6 Å². The third-order valence-corrected chi connectivity index (χ3v) is 6.13. The fraction of sp³-hybridized carbons (Fsp3) is 0.200. The van der Waals surface area contributed by atoms with Gasteiger partial charge in [-0.1, -0.05) is 54.3 Å². The number of carbonyl (C=O) groups excluding carboxylic acids is 1. The lowest BCUT2D eigenvalue weighted by molar-refractivity contribution is -0.122. The third-order valence-electron chi connectivity index (χ3n) is 4.13. The molecule has 0 saturated carbocycles. The van der Waals surface area contributed by atoms with Crippen LogP contribution in [0.5, 0.6) is 11.5 Å². The molecule has 0 aromatic heterocycles. The Balaban J connectivity index is 1.81. The summed E-state index contributed by atoms with van der Waals surface area (Å²) in [6.07, 6.45) is 2.57. The first-order chi connectivity index (χ1) is 13.0. The number of hydrogen-bond acceptors (Lipinski definition) is 5. The Labute approximate surface area is 176 Å². The van der Waals surface area contributed by atoms with Crippen LogP contribution >= 0.6 is 39.9 Å². The first-order valence-electron chi connectivity index (χ1n) is 8.24.